The van der Waals surface area contributed by atoms with Crippen LogP contribution in [0.15, 0.2) is 36.4 Å². The van der Waals surface area contributed by atoms with Gasteiger partial charge in [0.15, 0.2) is 0 Å². The number of carbonyl (C=O) groups is 2. The van der Waals surface area contributed by atoms with Gasteiger partial charge in [0, 0.05) is 36.2 Å². The molecule has 1 aliphatic heterocycles. The Hall–Kier alpha value is -3.02. The summed E-state index contributed by atoms with van der Waals surface area (Å²) in [6.07, 6.45) is 2.26. The lowest BCUT2D eigenvalue weighted by Crippen LogP contribution is -2.32. The first-order chi connectivity index (χ1) is 13.8. The van der Waals surface area contributed by atoms with E-state index in [9.17, 15) is 9.59 Å². The molecule has 1 aliphatic rings. The van der Waals surface area contributed by atoms with Crippen LogP contribution in [0.3, 0.4) is 0 Å². The Kier molecular flexibility index (Phi) is 6.42. The van der Waals surface area contributed by atoms with Gasteiger partial charge in [0.1, 0.15) is 0 Å². The fraction of sp³-hybridized carbons (Fsp3) is 0.391. The summed E-state index contributed by atoms with van der Waals surface area (Å²) in [6, 6.07) is 11.1. The van der Waals surface area contributed by atoms with Gasteiger partial charge in [-0.2, -0.15) is 0 Å². The Bertz CT molecular complexity index is 902. The Morgan fingerprint density at radius 1 is 0.966 bits per heavy atom. The van der Waals surface area contributed by atoms with E-state index in [0.717, 1.165) is 48.4 Å². The third-order valence-electron chi connectivity index (χ3n) is 5.00. The molecule has 3 amide bonds. The largest absolute Gasteiger partial charge is 0.371 e. The molecule has 2 aromatic carbocycles. The van der Waals surface area contributed by atoms with E-state index >= 15 is 0 Å². The van der Waals surface area contributed by atoms with Crippen molar-refractivity contribution in [3.8, 4) is 0 Å². The highest BCUT2D eigenvalue weighted by atomic mass is 16.2. The summed E-state index contributed by atoms with van der Waals surface area (Å²) in [6.45, 7) is 9.74. The number of hydrogen-bond acceptors (Lipinski definition) is 3. The number of anilines is 3. The molecule has 3 N–H and O–H groups in total. The number of aryl methyl sites for hydroxylation is 2. The number of hydrogen-bond donors (Lipinski definition) is 3. The zero-order valence-corrected chi connectivity index (χ0v) is 17.6. The van der Waals surface area contributed by atoms with Gasteiger partial charge in [0.05, 0.1) is 5.56 Å². The SMILES string of the molecule is Cc1ccc(NC(=O)Nc2ccc(N3CCCC3)c(C(=O)NC(C)C)c2)c(C)c1. The molecule has 0 saturated carbocycles. The van der Waals surface area contributed by atoms with Crippen LogP contribution in [0.4, 0.5) is 21.9 Å². The fourth-order valence-corrected chi connectivity index (χ4v) is 3.61. The molecule has 1 fully saturated rings. The first-order valence-electron chi connectivity index (χ1n) is 10.2. The highest BCUT2D eigenvalue weighted by molar-refractivity contribution is 6.04. The van der Waals surface area contributed by atoms with Gasteiger partial charge in [-0.15, -0.1) is 0 Å². The number of carbonyl (C=O) groups excluding carboxylic acids is 2. The Balaban J connectivity index is 1.79. The maximum Gasteiger partial charge on any atom is 0.323 e. The maximum absolute atomic E-state index is 12.8. The van der Waals surface area contributed by atoms with E-state index in [-0.39, 0.29) is 18.0 Å². The highest BCUT2D eigenvalue weighted by Crippen LogP contribution is 2.28. The predicted molar refractivity (Wildman–Crippen MR) is 119 cm³/mol. The second-order valence-electron chi connectivity index (χ2n) is 7.95. The van der Waals surface area contributed by atoms with Crippen molar-refractivity contribution in [2.75, 3.05) is 28.6 Å². The molecule has 0 aromatic heterocycles. The quantitative estimate of drug-likeness (QED) is 0.689. The third kappa shape index (κ3) is 5.28. The Labute approximate surface area is 172 Å². The van der Waals surface area contributed by atoms with Crippen molar-refractivity contribution in [2.45, 2.75) is 46.6 Å². The van der Waals surface area contributed by atoms with Crippen molar-refractivity contribution in [1.29, 1.82) is 0 Å². The van der Waals surface area contributed by atoms with Crippen molar-refractivity contribution < 1.29 is 9.59 Å². The van der Waals surface area contributed by atoms with Crippen LogP contribution < -0.4 is 20.9 Å². The summed E-state index contributed by atoms with van der Waals surface area (Å²) >= 11 is 0. The molecule has 154 valence electrons. The molecular formula is C23H30N4O2. The minimum absolute atomic E-state index is 0.0401. The molecular weight excluding hydrogens is 364 g/mol. The van der Waals surface area contributed by atoms with E-state index < -0.39 is 0 Å². The molecule has 6 nitrogen and oxygen atoms in total. The smallest absolute Gasteiger partial charge is 0.323 e. The van der Waals surface area contributed by atoms with E-state index in [1.807, 2.05) is 58.0 Å². The number of amides is 3. The van der Waals surface area contributed by atoms with Gasteiger partial charge in [-0.25, -0.2) is 4.79 Å². The number of urea groups is 1. The first kappa shape index (κ1) is 20.7. The molecule has 0 radical (unpaired) electrons. The van der Waals surface area contributed by atoms with Crippen molar-refractivity contribution in [2.24, 2.45) is 0 Å². The van der Waals surface area contributed by atoms with Gasteiger partial charge >= 0.3 is 6.03 Å². The number of nitrogens with one attached hydrogen (secondary N) is 3. The molecule has 29 heavy (non-hydrogen) atoms. The zero-order chi connectivity index (χ0) is 21.0. The highest BCUT2D eigenvalue weighted by Gasteiger charge is 2.21. The molecule has 0 aliphatic carbocycles. The summed E-state index contributed by atoms with van der Waals surface area (Å²) in [5, 5.41) is 8.69. The molecule has 6 heteroatoms. The molecule has 2 aromatic rings. The van der Waals surface area contributed by atoms with Crippen molar-refractivity contribution in [1.82, 2.24) is 5.32 Å². The summed E-state index contributed by atoms with van der Waals surface area (Å²) in [4.78, 5) is 27.5. The fourth-order valence-electron chi connectivity index (χ4n) is 3.61. The monoisotopic (exact) mass is 394 g/mol. The summed E-state index contributed by atoms with van der Waals surface area (Å²) in [5.74, 6) is -0.125. The van der Waals surface area contributed by atoms with Crippen LogP contribution in [-0.2, 0) is 0 Å². The topological polar surface area (TPSA) is 73.5 Å². The second kappa shape index (κ2) is 8.99. The van der Waals surface area contributed by atoms with Crippen molar-refractivity contribution in [3.63, 3.8) is 0 Å². The third-order valence-corrected chi connectivity index (χ3v) is 5.00. The summed E-state index contributed by atoms with van der Waals surface area (Å²) in [7, 11) is 0. The first-order valence-corrected chi connectivity index (χ1v) is 10.2. The van der Waals surface area contributed by atoms with E-state index in [1.54, 1.807) is 6.07 Å². The van der Waals surface area contributed by atoms with E-state index in [4.69, 9.17) is 0 Å². The summed E-state index contributed by atoms with van der Waals surface area (Å²) < 4.78 is 0. The molecule has 0 spiro atoms. The van der Waals surface area contributed by atoms with Crippen LogP contribution in [0, 0.1) is 13.8 Å². The van der Waals surface area contributed by atoms with Crippen LogP contribution in [-0.4, -0.2) is 31.1 Å². The minimum atomic E-state index is -0.332. The normalized spacial score (nSPS) is 13.5. The van der Waals surface area contributed by atoms with Crippen LogP contribution in [0.2, 0.25) is 0 Å². The van der Waals surface area contributed by atoms with Crippen molar-refractivity contribution in [3.05, 3.63) is 53.1 Å². The average molecular weight is 395 g/mol. The zero-order valence-electron chi connectivity index (χ0n) is 17.6. The van der Waals surface area contributed by atoms with E-state index in [0.29, 0.717) is 11.3 Å². The molecule has 0 atom stereocenters. The minimum Gasteiger partial charge on any atom is -0.371 e. The molecule has 3 rings (SSSR count). The van der Waals surface area contributed by atoms with Crippen molar-refractivity contribution >= 4 is 29.0 Å². The van der Waals surface area contributed by atoms with Gasteiger partial charge in [-0.05, 0) is 70.4 Å². The van der Waals surface area contributed by atoms with Gasteiger partial charge in [0.25, 0.3) is 5.91 Å². The predicted octanol–water partition coefficient (Wildman–Crippen LogP) is 4.69. The van der Waals surface area contributed by atoms with Gasteiger partial charge < -0.3 is 20.9 Å². The Morgan fingerprint density at radius 3 is 2.34 bits per heavy atom. The van der Waals surface area contributed by atoms with Crippen LogP contribution in [0.5, 0.6) is 0 Å². The lowest BCUT2D eigenvalue weighted by molar-refractivity contribution is 0.0943. The van der Waals surface area contributed by atoms with Crippen LogP contribution >= 0.6 is 0 Å². The summed E-state index contributed by atoms with van der Waals surface area (Å²) in [5.41, 5.74) is 5.00. The molecule has 1 heterocycles. The number of nitrogens with zero attached hydrogens (tertiary/aromatic N) is 1. The van der Waals surface area contributed by atoms with Crippen LogP contribution in [0.25, 0.3) is 0 Å². The number of benzene rings is 2. The van der Waals surface area contributed by atoms with Gasteiger partial charge in [-0.3, -0.25) is 4.79 Å². The lowest BCUT2D eigenvalue weighted by Gasteiger charge is -2.22. The van der Waals surface area contributed by atoms with E-state index in [1.165, 1.54) is 0 Å². The second-order valence-corrected chi connectivity index (χ2v) is 7.95. The molecule has 0 bridgehead atoms. The molecule has 1 saturated heterocycles. The molecule has 0 unspecified atom stereocenters. The maximum atomic E-state index is 12.8. The van der Waals surface area contributed by atoms with Gasteiger partial charge in [0.2, 0.25) is 0 Å². The number of rotatable bonds is 5. The van der Waals surface area contributed by atoms with Gasteiger partial charge in [-0.1, -0.05) is 17.7 Å². The van der Waals surface area contributed by atoms with Crippen LogP contribution in [0.1, 0.15) is 48.2 Å². The lowest BCUT2D eigenvalue weighted by atomic mass is 10.1. The average Bonchev–Trinajstić information content (AvgIpc) is 3.18. The van der Waals surface area contributed by atoms with E-state index in [2.05, 4.69) is 20.9 Å². The standard InChI is InChI=1S/C23H30N4O2/c1-15(2)24-22(28)19-14-18(8-10-21(19)27-11-5-6-12-27)25-23(29)26-20-9-7-16(3)13-17(20)4/h7-10,13-15H,5-6,11-12H2,1-4H3,(H,24,28)(H2,25,26,29). The Morgan fingerprint density at radius 2 is 1.69 bits per heavy atom.